The van der Waals surface area contributed by atoms with Crippen molar-refractivity contribution in [3.63, 3.8) is 0 Å². The molecule has 1 fully saturated rings. The summed E-state index contributed by atoms with van der Waals surface area (Å²) in [6, 6.07) is 4.50. The fraction of sp³-hybridized carbons (Fsp3) is 0.786. The molecule has 6 heteroatoms. The summed E-state index contributed by atoms with van der Waals surface area (Å²) < 4.78 is 10.8. The maximum Gasteiger partial charge on any atom is 0.292 e. The van der Waals surface area contributed by atoms with Crippen LogP contribution in [-0.4, -0.2) is 26.0 Å². The summed E-state index contributed by atoms with van der Waals surface area (Å²) in [7, 11) is 2.85. The highest BCUT2D eigenvalue weighted by Gasteiger charge is 2.93. The van der Waals surface area contributed by atoms with E-state index in [2.05, 4.69) is 17.1 Å². The molecule has 0 unspecified atom stereocenters. The normalized spacial score (nSPS) is 37.0. The molecule has 1 heterocycles. The first-order valence-electron chi connectivity index (χ1n) is 6.80. The SMILES string of the molecule is CCC(CC)[C@H]1[C@]2(C#N)C(N)=NC(OC)(OC)[C@]12C#N. The van der Waals surface area contributed by atoms with Crippen LogP contribution in [0.25, 0.3) is 0 Å². The van der Waals surface area contributed by atoms with Crippen LogP contribution in [0.5, 0.6) is 0 Å². The van der Waals surface area contributed by atoms with Crippen LogP contribution in [-0.2, 0) is 9.47 Å². The van der Waals surface area contributed by atoms with E-state index in [9.17, 15) is 10.5 Å². The number of amidine groups is 1. The largest absolute Gasteiger partial charge is 0.386 e. The Bertz CT molecular complexity index is 524. The highest BCUT2D eigenvalue weighted by atomic mass is 16.7. The number of methoxy groups -OCH3 is 2. The smallest absolute Gasteiger partial charge is 0.292 e. The van der Waals surface area contributed by atoms with Gasteiger partial charge in [0.2, 0.25) is 0 Å². The van der Waals surface area contributed by atoms with E-state index in [1.54, 1.807) is 0 Å². The molecule has 1 aliphatic heterocycles. The van der Waals surface area contributed by atoms with Crippen molar-refractivity contribution in [2.24, 2.45) is 33.4 Å². The second-order valence-corrected chi connectivity index (χ2v) is 5.38. The third-order valence-electron chi connectivity index (χ3n) is 5.07. The lowest BCUT2D eigenvalue weighted by Gasteiger charge is -2.30. The van der Waals surface area contributed by atoms with Crippen molar-refractivity contribution in [1.29, 1.82) is 10.5 Å². The molecular weight excluding hydrogens is 256 g/mol. The minimum Gasteiger partial charge on any atom is -0.386 e. The Morgan fingerprint density at radius 3 is 2.15 bits per heavy atom. The van der Waals surface area contributed by atoms with Gasteiger partial charge in [-0.15, -0.1) is 0 Å². The maximum atomic E-state index is 9.80. The van der Waals surface area contributed by atoms with Gasteiger partial charge in [0.1, 0.15) is 11.3 Å². The Kier molecular flexibility index (Phi) is 3.28. The Hall–Kier alpha value is -1.63. The molecule has 2 N–H and O–H groups in total. The minimum atomic E-state index is -1.48. The first-order chi connectivity index (χ1) is 9.51. The molecule has 108 valence electrons. The lowest BCUT2D eigenvalue weighted by Crippen LogP contribution is -2.42. The molecule has 0 radical (unpaired) electrons. The third kappa shape index (κ3) is 1.17. The summed E-state index contributed by atoms with van der Waals surface area (Å²) in [5.74, 6) is -1.33. The number of hydrogen-bond donors (Lipinski definition) is 1. The van der Waals surface area contributed by atoms with E-state index >= 15 is 0 Å². The molecule has 0 aromatic heterocycles. The summed E-state index contributed by atoms with van der Waals surface area (Å²) in [5.41, 5.74) is 3.76. The molecule has 0 aromatic rings. The molecule has 2 rings (SSSR count). The number of nitrogens with two attached hydrogens (primary N) is 1. The minimum absolute atomic E-state index is 0.155. The van der Waals surface area contributed by atoms with E-state index in [0.29, 0.717) is 0 Å². The summed E-state index contributed by atoms with van der Waals surface area (Å²) in [6.45, 7) is 4.10. The number of hydrogen-bond acceptors (Lipinski definition) is 6. The van der Waals surface area contributed by atoms with E-state index in [4.69, 9.17) is 15.2 Å². The molecule has 0 saturated heterocycles. The van der Waals surface area contributed by atoms with E-state index in [1.165, 1.54) is 14.2 Å². The topological polar surface area (TPSA) is 104 Å². The van der Waals surface area contributed by atoms with E-state index in [0.717, 1.165) is 12.8 Å². The van der Waals surface area contributed by atoms with Crippen LogP contribution in [0.2, 0.25) is 0 Å². The fourth-order valence-corrected chi connectivity index (χ4v) is 4.05. The van der Waals surface area contributed by atoms with Crippen molar-refractivity contribution in [3.8, 4) is 12.1 Å². The molecule has 20 heavy (non-hydrogen) atoms. The third-order valence-corrected chi connectivity index (χ3v) is 5.07. The highest BCUT2D eigenvalue weighted by molar-refractivity contribution is 5.98. The monoisotopic (exact) mass is 276 g/mol. The number of ether oxygens (including phenoxy) is 2. The van der Waals surface area contributed by atoms with Crippen LogP contribution in [0.15, 0.2) is 4.99 Å². The van der Waals surface area contributed by atoms with E-state index < -0.39 is 16.7 Å². The Balaban J connectivity index is 2.64. The molecule has 1 saturated carbocycles. The van der Waals surface area contributed by atoms with Crippen molar-refractivity contribution >= 4 is 5.84 Å². The molecular formula is C14H20N4O2. The molecule has 2 aliphatic rings. The molecule has 1 aliphatic carbocycles. The van der Waals surface area contributed by atoms with Crippen LogP contribution in [0.4, 0.5) is 0 Å². The average molecular weight is 276 g/mol. The lowest BCUT2D eigenvalue weighted by atomic mass is 9.89. The number of rotatable bonds is 5. The molecule has 3 atom stereocenters. The summed E-state index contributed by atoms with van der Waals surface area (Å²) in [4.78, 5) is 4.18. The summed E-state index contributed by atoms with van der Waals surface area (Å²) in [5, 5.41) is 19.5. The summed E-state index contributed by atoms with van der Waals surface area (Å²) in [6.07, 6.45) is 1.73. The van der Waals surface area contributed by atoms with E-state index in [1.807, 2.05) is 13.8 Å². The van der Waals surface area contributed by atoms with Crippen LogP contribution in [0.3, 0.4) is 0 Å². The van der Waals surface area contributed by atoms with Crippen molar-refractivity contribution in [2.75, 3.05) is 14.2 Å². The van der Waals surface area contributed by atoms with Crippen LogP contribution >= 0.6 is 0 Å². The first kappa shape index (κ1) is 14.8. The first-order valence-corrected chi connectivity index (χ1v) is 6.80. The van der Waals surface area contributed by atoms with Crippen LogP contribution < -0.4 is 5.73 Å². The molecule has 6 nitrogen and oxygen atoms in total. The van der Waals surface area contributed by atoms with Gasteiger partial charge in [0, 0.05) is 20.1 Å². The van der Waals surface area contributed by atoms with Gasteiger partial charge in [0.25, 0.3) is 5.91 Å². The van der Waals surface area contributed by atoms with Gasteiger partial charge in [0.15, 0.2) is 5.41 Å². The fourth-order valence-electron chi connectivity index (χ4n) is 4.05. The summed E-state index contributed by atoms with van der Waals surface area (Å²) >= 11 is 0. The predicted octanol–water partition coefficient (Wildman–Crippen LogP) is 1.39. The molecule has 0 bridgehead atoms. The lowest BCUT2D eigenvalue weighted by molar-refractivity contribution is -0.233. The van der Waals surface area contributed by atoms with Gasteiger partial charge < -0.3 is 15.2 Å². The number of nitrogens with zero attached hydrogens (tertiary/aromatic N) is 3. The maximum absolute atomic E-state index is 9.80. The number of nitriles is 2. The molecule has 0 amide bonds. The van der Waals surface area contributed by atoms with Gasteiger partial charge in [-0.2, -0.15) is 10.5 Å². The van der Waals surface area contributed by atoms with Crippen molar-refractivity contribution in [1.82, 2.24) is 0 Å². The zero-order valence-electron chi connectivity index (χ0n) is 12.3. The zero-order chi connectivity index (χ0) is 15.2. The van der Waals surface area contributed by atoms with E-state index in [-0.39, 0.29) is 17.7 Å². The van der Waals surface area contributed by atoms with Gasteiger partial charge in [-0.25, -0.2) is 4.99 Å². The van der Waals surface area contributed by atoms with Crippen molar-refractivity contribution < 1.29 is 9.47 Å². The Morgan fingerprint density at radius 2 is 1.80 bits per heavy atom. The van der Waals surface area contributed by atoms with Crippen LogP contribution in [0, 0.1) is 45.3 Å². The van der Waals surface area contributed by atoms with Gasteiger partial charge >= 0.3 is 0 Å². The zero-order valence-corrected chi connectivity index (χ0v) is 12.3. The Labute approximate surface area is 119 Å². The van der Waals surface area contributed by atoms with Gasteiger partial charge in [-0.3, -0.25) is 0 Å². The van der Waals surface area contributed by atoms with Crippen molar-refractivity contribution in [3.05, 3.63) is 0 Å². The standard InChI is InChI=1S/C14H20N4O2/c1-5-9(6-2)10-12(7-15)11(17)18-14(19-3,20-4)13(10,12)8-16/h9-10H,5-6H2,1-4H3,(H2,17,18)/t10-,12+,13+/m0/s1. The van der Waals surface area contributed by atoms with Gasteiger partial charge in [-0.1, -0.05) is 26.7 Å². The average Bonchev–Trinajstić information content (AvgIpc) is 3.03. The van der Waals surface area contributed by atoms with Crippen LogP contribution in [0.1, 0.15) is 26.7 Å². The Morgan fingerprint density at radius 1 is 1.25 bits per heavy atom. The van der Waals surface area contributed by atoms with Crippen molar-refractivity contribution in [2.45, 2.75) is 32.6 Å². The second-order valence-electron chi connectivity index (χ2n) is 5.38. The quantitative estimate of drug-likeness (QED) is 0.764. The number of fused-ring (bicyclic) bond motifs is 1. The van der Waals surface area contributed by atoms with Gasteiger partial charge in [0.05, 0.1) is 12.1 Å². The molecule has 0 aromatic carbocycles. The van der Waals surface area contributed by atoms with Gasteiger partial charge in [-0.05, 0) is 5.92 Å². The highest BCUT2D eigenvalue weighted by Crippen LogP contribution is 2.80. The molecule has 0 spiro atoms. The second kappa shape index (κ2) is 4.44. The number of aliphatic imine (C=N–C) groups is 1. The predicted molar refractivity (Wildman–Crippen MR) is 72.0 cm³/mol.